The Kier molecular flexibility index (Phi) is 3.79. The first-order valence-corrected chi connectivity index (χ1v) is 6.05. The summed E-state index contributed by atoms with van der Waals surface area (Å²) < 4.78 is 5.26. The minimum Gasteiger partial charge on any atom is -0.464 e. The van der Waals surface area contributed by atoms with E-state index in [-0.39, 0.29) is 12.0 Å². The van der Waals surface area contributed by atoms with Crippen molar-refractivity contribution in [2.45, 2.75) is 13.8 Å². The lowest BCUT2D eigenvalue weighted by Gasteiger charge is -2.17. The highest BCUT2D eigenvalue weighted by atomic mass is 16.5. The molecule has 1 aromatic carbocycles. The lowest BCUT2D eigenvalue weighted by Crippen LogP contribution is -2.15. The number of anilines is 3. The number of ether oxygens (including phenoxy) is 1. The predicted octanol–water partition coefficient (Wildman–Crippen LogP) is 1.93. The zero-order valence-electron chi connectivity index (χ0n) is 11.3. The molecule has 0 unspecified atom stereocenters. The number of hydrogen-bond donors (Lipinski definition) is 1. The average Bonchev–Trinajstić information content (AvgIpc) is 2.38. The van der Waals surface area contributed by atoms with E-state index in [0.717, 1.165) is 5.69 Å². The molecule has 0 aliphatic carbocycles. The Morgan fingerprint density at radius 2 is 1.84 bits per heavy atom. The number of rotatable bonds is 4. The number of nitrogens with two attached hydrogens (primary N) is 1. The summed E-state index contributed by atoms with van der Waals surface area (Å²) in [4.78, 5) is 14.1. The maximum atomic E-state index is 5.66. The Morgan fingerprint density at radius 1 is 1.16 bits per heavy atom. The van der Waals surface area contributed by atoms with Crippen LogP contribution in [0.2, 0.25) is 0 Å². The maximum Gasteiger partial charge on any atom is 0.323 e. The Hall–Kier alpha value is -2.37. The molecule has 0 atom stereocenters. The predicted molar refractivity (Wildman–Crippen MR) is 74.7 cm³/mol. The molecular weight excluding hydrogens is 242 g/mol. The standard InChI is InChI=1S/C13H17N5O/c1-4-19-13-16-11(14)15-12(17-13)18(3)10-7-5-9(2)6-8-10/h5-8H,4H2,1-3H3,(H2,14,15,16,17). The van der Waals surface area contributed by atoms with Gasteiger partial charge in [-0.2, -0.15) is 15.0 Å². The van der Waals surface area contributed by atoms with Gasteiger partial charge in [0.2, 0.25) is 11.9 Å². The highest BCUT2D eigenvalue weighted by Gasteiger charge is 2.11. The van der Waals surface area contributed by atoms with Crippen LogP contribution in [0, 0.1) is 6.92 Å². The van der Waals surface area contributed by atoms with E-state index in [2.05, 4.69) is 15.0 Å². The maximum absolute atomic E-state index is 5.66. The van der Waals surface area contributed by atoms with Crippen molar-refractivity contribution in [2.75, 3.05) is 24.3 Å². The van der Waals surface area contributed by atoms with Gasteiger partial charge >= 0.3 is 6.01 Å². The van der Waals surface area contributed by atoms with Crippen molar-refractivity contribution in [3.8, 4) is 6.01 Å². The van der Waals surface area contributed by atoms with E-state index >= 15 is 0 Å². The molecule has 0 spiro atoms. The van der Waals surface area contributed by atoms with Crippen LogP contribution in [0.4, 0.5) is 17.6 Å². The van der Waals surface area contributed by atoms with Gasteiger partial charge in [0.1, 0.15) is 0 Å². The van der Waals surface area contributed by atoms with Crippen LogP contribution in [0.25, 0.3) is 0 Å². The summed E-state index contributed by atoms with van der Waals surface area (Å²) in [6.07, 6.45) is 0. The van der Waals surface area contributed by atoms with Crippen molar-refractivity contribution in [1.82, 2.24) is 15.0 Å². The van der Waals surface area contributed by atoms with Crippen LogP contribution in [0.15, 0.2) is 24.3 Å². The molecule has 2 rings (SSSR count). The van der Waals surface area contributed by atoms with Crippen LogP contribution in [0.5, 0.6) is 6.01 Å². The van der Waals surface area contributed by atoms with Gasteiger partial charge in [-0.1, -0.05) is 17.7 Å². The summed E-state index contributed by atoms with van der Waals surface area (Å²) in [6, 6.07) is 8.29. The van der Waals surface area contributed by atoms with E-state index in [1.54, 1.807) is 0 Å². The first-order valence-electron chi connectivity index (χ1n) is 6.05. The molecule has 100 valence electrons. The second-order valence-electron chi connectivity index (χ2n) is 4.10. The second kappa shape index (κ2) is 5.51. The zero-order chi connectivity index (χ0) is 13.8. The van der Waals surface area contributed by atoms with Crippen LogP contribution in [-0.4, -0.2) is 28.6 Å². The molecule has 0 amide bonds. The number of aryl methyl sites for hydroxylation is 1. The van der Waals surface area contributed by atoms with E-state index in [1.807, 2.05) is 50.1 Å². The molecular formula is C13H17N5O. The summed E-state index contributed by atoms with van der Waals surface area (Å²) in [6.45, 7) is 4.39. The van der Waals surface area contributed by atoms with Gasteiger partial charge in [-0.3, -0.25) is 0 Å². The molecule has 2 aromatic rings. The third kappa shape index (κ3) is 3.09. The molecule has 0 radical (unpaired) electrons. The smallest absolute Gasteiger partial charge is 0.323 e. The fourth-order valence-electron chi connectivity index (χ4n) is 1.59. The van der Waals surface area contributed by atoms with Crippen LogP contribution < -0.4 is 15.4 Å². The third-order valence-electron chi connectivity index (χ3n) is 2.62. The van der Waals surface area contributed by atoms with E-state index in [0.29, 0.717) is 12.6 Å². The molecule has 6 nitrogen and oxygen atoms in total. The number of hydrogen-bond acceptors (Lipinski definition) is 6. The summed E-state index contributed by atoms with van der Waals surface area (Å²) >= 11 is 0. The Bertz CT molecular complexity index is 555. The fourth-order valence-corrected chi connectivity index (χ4v) is 1.59. The molecule has 0 aliphatic heterocycles. The molecule has 1 heterocycles. The number of aromatic nitrogens is 3. The molecule has 0 saturated heterocycles. The zero-order valence-corrected chi connectivity index (χ0v) is 11.3. The molecule has 0 saturated carbocycles. The van der Waals surface area contributed by atoms with Gasteiger partial charge in [-0.05, 0) is 26.0 Å². The van der Waals surface area contributed by atoms with Gasteiger partial charge in [0.15, 0.2) is 0 Å². The van der Waals surface area contributed by atoms with Crippen LogP contribution >= 0.6 is 0 Å². The highest BCUT2D eigenvalue weighted by Crippen LogP contribution is 2.22. The first-order chi connectivity index (χ1) is 9.10. The van der Waals surface area contributed by atoms with Crippen molar-refractivity contribution >= 4 is 17.6 Å². The van der Waals surface area contributed by atoms with Gasteiger partial charge < -0.3 is 15.4 Å². The third-order valence-corrected chi connectivity index (χ3v) is 2.62. The fraction of sp³-hybridized carbons (Fsp3) is 0.308. The highest BCUT2D eigenvalue weighted by molar-refractivity contribution is 5.57. The number of benzene rings is 1. The number of nitrogen functional groups attached to an aromatic ring is 1. The van der Waals surface area contributed by atoms with Crippen LogP contribution in [-0.2, 0) is 0 Å². The molecule has 0 fully saturated rings. The normalized spacial score (nSPS) is 10.3. The van der Waals surface area contributed by atoms with E-state index in [9.17, 15) is 0 Å². The Balaban J connectivity index is 2.32. The minimum absolute atomic E-state index is 0.146. The van der Waals surface area contributed by atoms with Gasteiger partial charge in [-0.25, -0.2) is 0 Å². The Morgan fingerprint density at radius 3 is 2.47 bits per heavy atom. The van der Waals surface area contributed by atoms with E-state index in [4.69, 9.17) is 10.5 Å². The topological polar surface area (TPSA) is 77.2 Å². The summed E-state index contributed by atoms with van der Waals surface area (Å²) in [5, 5.41) is 0. The van der Waals surface area contributed by atoms with Crippen LogP contribution in [0.3, 0.4) is 0 Å². The molecule has 0 bridgehead atoms. The van der Waals surface area contributed by atoms with Gasteiger partial charge in [-0.15, -0.1) is 0 Å². The summed E-state index contributed by atoms with van der Waals surface area (Å²) in [5.74, 6) is 0.604. The van der Waals surface area contributed by atoms with Crippen molar-refractivity contribution in [1.29, 1.82) is 0 Å². The average molecular weight is 259 g/mol. The first kappa shape index (κ1) is 13.1. The van der Waals surface area contributed by atoms with Crippen molar-refractivity contribution < 1.29 is 4.74 Å². The van der Waals surface area contributed by atoms with E-state index in [1.165, 1.54) is 5.56 Å². The molecule has 2 N–H and O–H groups in total. The molecule has 6 heteroatoms. The van der Waals surface area contributed by atoms with E-state index < -0.39 is 0 Å². The second-order valence-corrected chi connectivity index (χ2v) is 4.10. The largest absolute Gasteiger partial charge is 0.464 e. The van der Waals surface area contributed by atoms with Crippen LogP contribution in [0.1, 0.15) is 12.5 Å². The number of nitrogens with zero attached hydrogens (tertiary/aromatic N) is 4. The Labute approximate surface area is 112 Å². The van der Waals surface area contributed by atoms with Crippen molar-refractivity contribution in [3.63, 3.8) is 0 Å². The quantitative estimate of drug-likeness (QED) is 0.904. The lowest BCUT2D eigenvalue weighted by atomic mass is 10.2. The van der Waals surface area contributed by atoms with Gasteiger partial charge in [0, 0.05) is 12.7 Å². The molecule has 19 heavy (non-hydrogen) atoms. The molecule has 0 aliphatic rings. The minimum atomic E-state index is 0.146. The lowest BCUT2D eigenvalue weighted by molar-refractivity contribution is 0.312. The SMILES string of the molecule is CCOc1nc(N)nc(N(C)c2ccc(C)cc2)n1. The van der Waals surface area contributed by atoms with Gasteiger partial charge in [0.05, 0.1) is 6.61 Å². The van der Waals surface area contributed by atoms with Crippen molar-refractivity contribution in [3.05, 3.63) is 29.8 Å². The summed E-state index contributed by atoms with van der Waals surface area (Å²) in [7, 11) is 1.87. The summed E-state index contributed by atoms with van der Waals surface area (Å²) in [5.41, 5.74) is 7.83. The molecule has 1 aromatic heterocycles. The van der Waals surface area contributed by atoms with Crippen molar-refractivity contribution in [2.24, 2.45) is 0 Å². The van der Waals surface area contributed by atoms with Gasteiger partial charge in [0.25, 0.3) is 0 Å². The monoisotopic (exact) mass is 259 g/mol.